The summed E-state index contributed by atoms with van der Waals surface area (Å²) in [5.41, 5.74) is 3.13. The third-order valence-corrected chi connectivity index (χ3v) is 1.44. The highest BCUT2D eigenvalue weighted by Crippen LogP contribution is 2.13. The van der Waals surface area contributed by atoms with E-state index in [4.69, 9.17) is 5.73 Å². The van der Waals surface area contributed by atoms with Crippen molar-refractivity contribution in [2.45, 2.75) is 6.43 Å². The highest BCUT2D eigenvalue weighted by atomic mass is 19.3. The van der Waals surface area contributed by atoms with E-state index in [0.717, 1.165) is 6.20 Å². The predicted octanol–water partition coefficient (Wildman–Crippen LogP) is 0.411. The van der Waals surface area contributed by atoms with Crippen molar-refractivity contribution in [2.24, 2.45) is 5.73 Å². The van der Waals surface area contributed by atoms with Crippen molar-refractivity contribution in [3.05, 3.63) is 33.7 Å². The maximum Gasteiger partial charge on any atom is 0.278 e. The second kappa shape index (κ2) is 3.34. The average Bonchev–Trinajstić information content (AvgIpc) is 2.03. The number of pyridine rings is 1. The molecular formula is C7H6F2N2O2. The Bertz CT molecular complexity index is 386. The first-order chi connectivity index (χ1) is 6.02. The van der Waals surface area contributed by atoms with E-state index in [1.807, 2.05) is 0 Å². The van der Waals surface area contributed by atoms with Crippen LogP contribution in [-0.2, 0) is 0 Å². The number of rotatable bonds is 2. The van der Waals surface area contributed by atoms with Crippen LogP contribution < -0.4 is 11.2 Å². The van der Waals surface area contributed by atoms with E-state index in [2.05, 4.69) is 4.98 Å². The van der Waals surface area contributed by atoms with Gasteiger partial charge in [0.15, 0.2) is 5.43 Å². The van der Waals surface area contributed by atoms with Gasteiger partial charge in [0.05, 0.1) is 5.69 Å². The van der Waals surface area contributed by atoms with Gasteiger partial charge in [-0.25, -0.2) is 8.78 Å². The lowest BCUT2D eigenvalue weighted by molar-refractivity contribution is 0.0998. The molecule has 3 N–H and O–H groups in total. The molecule has 6 heteroatoms. The molecule has 0 aliphatic heterocycles. The molecule has 1 aromatic heterocycles. The summed E-state index contributed by atoms with van der Waals surface area (Å²) in [6.45, 7) is 0. The Hall–Kier alpha value is -1.72. The van der Waals surface area contributed by atoms with Crippen molar-refractivity contribution in [2.75, 3.05) is 0 Å². The van der Waals surface area contributed by atoms with Crippen LogP contribution in [0.5, 0.6) is 0 Å². The molecule has 1 heterocycles. The van der Waals surface area contributed by atoms with Gasteiger partial charge in [-0.05, 0) is 0 Å². The molecule has 70 valence electrons. The van der Waals surface area contributed by atoms with Crippen LogP contribution in [-0.4, -0.2) is 10.9 Å². The van der Waals surface area contributed by atoms with Crippen molar-refractivity contribution >= 4 is 5.91 Å². The van der Waals surface area contributed by atoms with Crippen LogP contribution >= 0.6 is 0 Å². The monoisotopic (exact) mass is 188 g/mol. The number of nitrogens with one attached hydrogen (secondary N) is 1. The summed E-state index contributed by atoms with van der Waals surface area (Å²) in [6.07, 6.45) is -1.89. The quantitative estimate of drug-likeness (QED) is 0.705. The number of H-pyrrole nitrogens is 1. The molecule has 0 spiro atoms. The van der Waals surface area contributed by atoms with Gasteiger partial charge in [-0.15, -0.1) is 0 Å². The number of aromatic amines is 1. The fourth-order valence-electron chi connectivity index (χ4n) is 0.806. The SMILES string of the molecule is NC(=O)c1c[nH]c(C(F)F)cc1=O. The van der Waals surface area contributed by atoms with Crippen molar-refractivity contribution in [1.82, 2.24) is 4.98 Å². The molecule has 0 aliphatic rings. The summed E-state index contributed by atoms with van der Waals surface area (Å²) < 4.78 is 24.0. The summed E-state index contributed by atoms with van der Waals surface area (Å²) in [6, 6.07) is 0.658. The Kier molecular flexibility index (Phi) is 2.41. The van der Waals surface area contributed by atoms with Gasteiger partial charge >= 0.3 is 0 Å². The minimum absolute atomic E-state index is 0.329. The van der Waals surface area contributed by atoms with Crippen LogP contribution in [0.3, 0.4) is 0 Å². The first-order valence-corrected chi connectivity index (χ1v) is 3.33. The highest BCUT2D eigenvalue weighted by Gasteiger charge is 2.11. The van der Waals surface area contributed by atoms with Crippen molar-refractivity contribution in [3.8, 4) is 0 Å². The number of alkyl halides is 2. The van der Waals surface area contributed by atoms with E-state index < -0.39 is 23.5 Å². The smallest absolute Gasteiger partial charge is 0.278 e. The van der Waals surface area contributed by atoms with Crippen molar-refractivity contribution in [3.63, 3.8) is 0 Å². The molecule has 0 atom stereocenters. The topological polar surface area (TPSA) is 76.0 Å². The zero-order valence-electron chi connectivity index (χ0n) is 6.38. The molecule has 0 bridgehead atoms. The Balaban J connectivity index is 3.21. The fourth-order valence-corrected chi connectivity index (χ4v) is 0.806. The number of aromatic nitrogens is 1. The summed E-state index contributed by atoms with van der Waals surface area (Å²) in [5.74, 6) is -0.943. The standard InChI is InChI=1S/C7H6F2N2O2/c8-6(9)4-1-5(12)3(2-11-4)7(10)13/h1-2,6H,(H2,10,13)(H,11,12). The van der Waals surface area contributed by atoms with Gasteiger partial charge in [0.1, 0.15) is 5.56 Å². The normalized spacial score (nSPS) is 10.4. The molecule has 0 fully saturated rings. The van der Waals surface area contributed by atoms with E-state index in [9.17, 15) is 18.4 Å². The van der Waals surface area contributed by atoms with E-state index in [0.29, 0.717) is 6.07 Å². The second-order valence-corrected chi connectivity index (χ2v) is 2.33. The average molecular weight is 188 g/mol. The summed E-state index contributed by atoms with van der Waals surface area (Å²) >= 11 is 0. The van der Waals surface area contributed by atoms with Crippen molar-refractivity contribution in [1.29, 1.82) is 0 Å². The Morgan fingerprint density at radius 2 is 2.15 bits per heavy atom. The number of hydrogen-bond donors (Lipinski definition) is 2. The second-order valence-electron chi connectivity index (χ2n) is 2.33. The number of nitrogens with two attached hydrogens (primary N) is 1. The molecule has 0 unspecified atom stereocenters. The molecular weight excluding hydrogens is 182 g/mol. The summed E-state index contributed by atoms with van der Waals surface area (Å²) in [4.78, 5) is 23.6. The number of halogens is 2. The first-order valence-electron chi connectivity index (χ1n) is 3.33. The lowest BCUT2D eigenvalue weighted by Crippen LogP contribution is -2.22. The molecule has 1 aromatic rings. The van der Waals surface area contributed by atoms with Gasteiger partial charge in [-0.3, -0.25) is 9.59 Å². The minimum Gasteiger partial charge on any atom is -0.365 e. The van der Waals surface area contributed by atoms with Crippen molar-refractivity contribution < 1.29 is 13.6 Å². The maximum absolute atomic E-state index is 12.0. The van der Waals surface area contributed by atoms with E-state index >= 15 is 0 Å². The molecule has 0 radical (unpaired) electrons. The number of hydrogen-bond acceptors (Lipinski definition) is 2. The number of amides is 1. The zero-order chi connectivity index (χ0) is 10.0. The van der Waals surface area contributed by atoms with Crippen LogP contribution in [0.25, 0.3) is 0 Å². The van der Waals surface area contributed by atoms with Crippen LogP contribution in [0.15, 0.2) is 17.1 Å². The molecule has 0 aliphatic carbocycles. The predicted molar refractivity (Wildman–Crippen MR) is 40.5 cm³/mol. The van der Waals surface area contributed by atoms with Gasteiger partial charge in [0.25, 0.3) is 12.3 Å². The number of carbonyl (C=O) groups excluding carboxylic acids is 1. The number of carbonyl (C=O) groups is 1. The minimum atomic E-state index is -2.77. The summed E-state index contributed by atoms with van der Waals surface area (Å²) in [7, 11) is 0. The molecule has 1 rings (SSSR count). The van der Waals surface area contributed by atoms with Gasteiger partial charge in [0.2, 0.25) is 0 Å². The lowest BCUT2D eigenvalue weighted by atomic mass is 10.2. The van der Waals surface area contributed by atoms with Gasteiger partial charge in [0, 0.05) is 12.3 Å². The molecule has 4 nitrogen and oxygen atoms in total. The van der Waals surface area contributed by atoms with E-state index in [1.54, 1.807) is 0 Å². The summed E-state index contributed by atoms with van der Waals surface area (Å²) in [5, 5.41) is 0. The van der Waals surface area contributed by atoms with Gasteiger partial charge in [-0.2, -0.15) is 0 Å². The third-order valence-electron chi connectivity index (χ3n) is 1.44. The Labute approximate surface area is 71.4 Å². The van der Waals surface area contributed by atoms with Crippen LogP contribution in [0.2, 0.25) is 0 Å². The molecule has 0 saturated heterocycles. The first kappa shape index (κ1) is 9.37. The third kappa shape index (κ3) is 1.90. The molecule has 0 aromatic carbocycles. The zero-order valence-corrected chi connectivity index (χ0v) is 6.38. The van der Waals surface area contributed by atoms with Gasteiger partial charge in [-0.1, -0.05) is 0 Å². The Morgan fingerprint density at radius 1 is 1.54 bits per heavy atom. The Morgan fingerprint density at radius 3 is 2.54 bits per heavy atom. The van der Waals surface area contributed by atoms with E-state index in [1.165, 1.54) is 0 Å². The van der Waals surface area contributed by atoms with Crippen LogP contribution in [0.1, 0.15) is 22.5 Å². The van der Waals surface area contributed by atoms with Crippen LogP contribution in [0.4, 0.5) is 8.78 Å². The van der Waals surface area contributed by atoms with E-state index in [-0.39, 0.29) is 5.56 Å². The molecule has 13 heavy (non-hydrogen) atoms. The molecule has 1 amide bonds. The van der Waals surface area contributed by atoms with Crippen LogP contribution in [0, 0.1) is 0 Å². The largest absolute Gasteiger partial charge is 0.365 e. The fraction of sp³-hybridized carbons (Fsp3) is 0.143. The van der Waals surface area contributed by atoms with Gasteiger partial charge < -0.3 is 10.7 Å². The number of primary amides is 1. The lowest BCUT2D eigenvalue weighted by Gasteiger charge is -1.99. The molecule has 0 saturated carbocycles. The highest BCUT2D eigenvalue weighted by molar-refractivity contribution is 5.92. The maximum atomic E-state index is 12.0.